The molecule has 1 aromatic rings. The minimum atomic E-state index is -3.17. The summed E-state index contributed by atoms with van der Waals surface area (Å²) in [6, 6.07) is 10.3. The number of nitrogens with zero attached hydrogens (tertiary/aromatic N) is 2. The van der Waals surface area contributed by atoms with E-state index in [1.165, 1.54) is 5.56 Å². The summed E-state index contributed by atoms with van der Waals surface area (Å²) in [5.41, 5.74) is 1.20. The van der Waals surface area contributed by atoms with Crippen LogP contribution in [0.3, 0.4) is 0 Å². The molecule has 0 spiro atoms. The third kappa shape index (κ3) is 3.02. The largest absolute Gasteiger partial charge is 0.339 e. The first-order chi connectivity index (χ1) is 10.9. The number of amides is 1. The molecule has 0 bridgehead atoms. The number of benzene rings is 1. The Hall–Kier alpha value is -1.40. The number of carbonyl (C=O) groups is 1. The first-order valence-electron chi connectivity index (χ1n) is 8.24. The van der Waals surface area contributed by atoms with Gasteiger partial charge in [-0.3, -0.25) is 4.79 Å². The van der Waals surface area contributed by atoms with E-state index in [1.54, 1.807) is 18.2 Å². The normalized spacial score (nSPS) is 28.6. The van der Waals surface area contributed by atoms with E-state index in [2.05, 4.69) is 12.1 Å². The molecule has 2 heterocycles. The lowest BCUT2D eigenvalue weighted by Crippen LogP contribution is -2.49. The van der Waals surface area contributed by atoms with Crippen molar-refractivity contribution in [3.8, 4) is 0 Å². The zero-order valence-corrected chi connectivity index (χ0v) is 14.5. The van der Waals surface area contributed by atoms with Crippen molar-refractivity contribution in [1.29, 1.82) is 0 Å². The van der Waals surface area contributed by atoms with Crippen molar-refractivity contribution < 1.29 is 13.2 Å². The third-order valence-electron chi connectivity index (χ3n) is 5.28. The van der Waals surface area contributed by atoms with Crippen LogP contribution >= 0.6 is 0 Å². The van der Waals surface area contributed by atoms with Gasteiger partial charge in [0.1, 0.15) is 0 Å². The van der Waals surface area contributed by atoms with Crippen LogP contribution < -0.4 is 0 Å². The van der Waals surface area contributed by atoms with Gasteiger partial charge in [0, 0.05) is 44.4 Å². The summed E-state index contributed by atoms with van der Waals surface area (Å²) in [5, 5.41) is 0. The molecule has 2 fully saturated rings. The molecule has 0 radical (unpaired) electrons. The maximum absolute atomic E-state index is 12.2. The van der Waals surface area contributed by atoms with E-state index < -0.39 is 10.0 Å². The van der Waals surface area contributed by atoms with E-state index in [0.717, 1.165) is 6.42 Å². The van der Waals surface area contributed by atoms with Crippen molar-refractivity contribution in [1.82, 2.24) is 9.21 Å². The lowest BCUT2D eigenvalue weighted by molar-refractivity contribution is -0.130. The van der Waals surface area contributed by atoms with Crippen LogP contribution in [0, 0.1) is 5.92 Å². The maximum Gasteiger partial charge on any atom is 0.219 e. The smallest absolute Gasteiger partial charge is 0.219 e. The summed E-state index contributed by atoms with van der Waals surface area (Å²) in [7, 11) is -3.17. The van der Waals surface area contributed by atoms with E-state index in [1.807, 2.05) is 23.1 Å². The van der Waals surface area contributed by atoms with Gasteiger partial charge in [0.15, 0.2) is 0 Å². The van der Waals surface area contributed by atoms with Gasteiger partial charge >= 0.3 is 0 Å². The van der Waals surface area contributed by atoms with Crippen LogP contribution in [0.2, 0.25) is 0 Å². The zero-order chi connectivity index (χ0) is 16.6. The highest BCUT2D eigenvalue weighted by molar-refractivity contribution is 7.89. The third-order valence-corrected chi connectivity index (χ3v) is 7.13. The summed E-state index contributed by atoms with van der Waals surface area (Å²) in [6.07, 6.45) is 0.729. The van der Waals surface area contributed by atoms with Gasteiger partial charge in [-0.1, -0.05) is 30.3 Å². The molecule has 6 heteroatoms. The molecule has 1 amide bonds. The molecule has 3 rings (SSSR count). The van der Waals surface area contributed by atoms with Crippen LogP contribution in [0.5, 0.6) is 0 Å². The average Bonchev–Trinajstić information content (AvgIpc) is 2.94. The molecule has 2 aliphatic rings. The summed E-state index contributed by atoms with van der Waals surface area (Å²) in [4.78, 5) is 13.9. The Kier molecular flexibility index (Phi) is 4.47. The van der Waals surface area contributed by atoms with Gasteiger partial charge in [0.2, 0.25) is 15.9 Å². The quantitative estimate of drug-likeness (QED) is 0.844. The van der Waals surface area contributed by atoms with Crippen molar-refractivity contribution in [3.05, 3.63) is 35.9 Å². The van der Waals surface area contributed by atoms with Crippen molar-refractivity contribution in [2.45, 2.75) is 32.2 Å². The highest BCUT2D eigenvalue weighted by Gasteiger charge is 2.47. The summed E-state index contributed by atoms with van der Waals surface area (Å²) in [5.74, 6) is 0.609. The van der Waals surface area contributed by atoms with Gasteiger partial charge in [-0.25, -0.2) is 12.7 Å². The predicted octanol–water partition coefficient (Wildman–Crippen LogP) is 1.67. The Morgan fingerprint density at radius 1 is 1.22 bits per heavy atom. The molecule has 23 heavy (non-hydrogen) atoms. The molecule has 0 aliphatic carbocycles. The number of sulfonamides is 1. The van der Waals surface area contributed by atoms with Gasteiger partial charge in [0.25, 0.3) is 0 Å². The fraction of sp³-hybridized carbons (Fsp3) is 0.588. The molecular weight excluding hydrogens is 312 g/mol. The van der Waals surface area contributed by atoms with Crippen molar-refractivity contribution in [3.63, 3.8) is 0 Å². The maximum atomic E-state index is 12.2. The second-order valence-corrected chi connectivity index (χ2v) is 8.72. The van der Waals surface area contributed by atoms with Gasteiger partial charge < -0.3 is 4.90 Å². The van der Waals surface area contributed by atoms with E-state index in [-0.39, 0.29) is 29.5 Å². The molecule has 5 nitrogen and oxygen atoms in total. The second-order valence-electron chi connectivity index (χ2n) is 6.47. The van der Waals surface area contributed by atoms with E-state index in [4.69, 9.17) is 0 Å². The molecule has 0 unspecified atom stereocenters. The predicted molar refractivity (Wildman–Crippen MR) is 89.5 cm³/mol. The van der Waals surface area contributed by atoms with Crippen LogP contribution in [0.15, 0.2) is 30.3 Å². The number of piperidine rings is 1. The highest BCUT2D eigenvalue weighted by Crippen LogP contribution is 2.41. The van der Waals surface area contributed by atoms with Crippen molar-refractivity contribution in [2.75, 3.05) is 25.4 Å². The van der Waals surface area contributed by atoms with Crippen LogP contribution in [-0.2, 0) is 14.8 Å². The van der Waals surface area contributed by atoms with Gasteiger partial charge in [-0.15, -0.1) is 0 Å². The minimum absolute atomic E-state index is 0.0882. The molecule has 3 atom stereocenters. The molecule has 2 saturated heterocycles. The van der Waals surface area contributed by atoms with Crippen LogP contribution in [0.4, 0.5) is 0 Å². The van der Waals surface area contributed by atoms with Crippen LogP contribution in [-0.4, -0.2) is 55.0 Å². The number of likely N-dealkylation sites (tertiary alicyclic amines) is 1. The van der Waals surface area contributed by atoms with Crippen molar-refractivity contribution in [2.24, 2.45) is 5.92 Å². The number of carbonyl (C=O) groups excluding carboxylic acids is 1. The Bertz CT molecular complexity index is 674. The van der Waals surface area contributed by atoms with Gasteiger partial charge in [-0.2, -0.15) is 0 Å². The SMILES string of the molecule is CCS(=O)(=O)N1CC[C@@H]2[C@H](C1)[C@@H](c1ccccc1)CN2C(C)=O. The first kappa shape index (κ1) is 16.5. The summed E-state index contributed by atoms with van der Waals surface area (Å²) >= 11 is 0. The Morgan fingerprint density at radius 2 is 1.91 bits per heavy atom. The lowest BCUT2D eigenvalue weighted by Gasteiger charge is -2.37. The number of hydrogen-bond acceptors (Lipinski definition) is 3. The molecular formula is C17H24N2O3S. The molecule has 1 aromatic carbocycles. The van der Waals surface area contributed by atoms with Gasteiger partial charge in [-0.05, 0) is 18.9 Å². The van der Waals surface area contributed by atoms with E-state index in [0.29, 0.717) is 19.6 Å². The zero-order valence-electron chi connectivity index (χ0n) is 13.7. The first-order valence-corrected chi connectivity index (χ1v) is 9.85. The molecule has 2 aliphatic heterocycles. The summed E-state index contributed by atoms with van der Waals surface area (Å²) in [6.45, 7) is 5.02. The topological polar surface area (TPSA) is 57.7 Å². The van der Waals surface area contributed by atoms with Crippen molar-refractivity contribution >= 4 is 15.9 Å². The standard InChI is InChI=1S/C17H24N2O3S/c1-3-23(21,22)18-10-9-17-16(11-18)15(12-19(17)13(2)20)14-7-5-4-6-8-14/h4-8,15-17H,3,9-12H2,1-2H3/t15-,16-,17-/m1/s1. The van der Waals surface area contributed by atoms with Crippen LogP contribution in [0.1, 0.15) is 31.7 Å². The molecule has 126 valence electrons. The second kappa shape index (κ2) is 6.24. The number of hydrogen-bond donors (Lipinski definition) is 0. The summed E-state index contributed by atoms with van der Waals surface area (Å²) < 4.78 is 26.1. The van der Waals surface area contributed by atoms with E-state index in [9.17, 15) is 13.2 Å². The van der Waals surface area contributed by atoms with Gasteiger partial charge in [0.05, 0.1) is 5.75 Å². The molecule has 0 N–H and O–H groups in total. The van der Waals surface area contributed by atoms with Crippen LogP contribution in [0.25, 0.3) is 0 Å². The Labute approximate surface area is 138 Å². The molecule has 0 aromatic heterocycles. The molecule has 0 saturated carbocycles. The number of rotatable bonds is 3. The van der Waals surface area contributed by atoms with E-state index >= 15 is 0 Å². The minimum Gasteiger partial charge on any atom is -0.339 e. The fourth-order valence-electron chi connectivity index (χ4n) is 4.05. The monoisotopic (exact) mass is 336 g/mol. The number of fused-ring (bicyclic) bond motifs is 1. The Balaban J connectivity index is 1.91. The average molecular weight is 336 g/mol. The Morgan fingerprint density at radius 3 is 2.52 bits per heavy atom. The highest BCUT2D eigenvalue weighted by atomic mass is 32.2. The lowest BCUT2D eigenvalue weighted by atomic mass is 9.82. The fourth-order valence-corrected chi connectivity index (χ4v) is 5.20.